The minimum atomic E-state index is -1.21. The number of aryl methyl sites for hydroxylation is 1. The van der Waals surface area contributed by atoms with Crippen molar-refractivity contribution in [2.75, 3.05) is 20.0 Å². The predicted molar refractivity (Wildman–Crippen MR) is 94.3 cm³/mol. The molecule has 7 heteroatoms. The van der Waals surface area contributed by atoms with Crippen LogP contribution in [-0.2, 0) is 15.5 Å². The summed E-state index contributed by atoms with van der Waals surface area (Å²) in [6.07, 6.45) is 1.46. The van der Waals surface area contributed by atoms with Gasteiger partial charge in [0.25, 0.3) is 0 Å². The maximum Gasteiger partial charge on any atom is 0.340 e. The second-order valence-electron chi connectivity index (χ2n) is 4.98. The van der Waals surface area contributed by atoms with Crippen molar-refractivity contribution in [3.8, 4) is 16.9 Å². The van der Waals surface area contributed by atoms with Gasteiger partial charge in [0.05, 0.1) is 40.5 Å². The van der Waals surface area contributed by atoms with E-state index in [1.54, 1.807) is 18.2 Å². The Balaban J connectivity index is 2.73. The van der Waals surface area contributed by atoms with E-state index >= 15 is 0 Å². The van der Waals surface area contributed by atoms with E-state index in [4.69, 9.17) is 21.1 Å². The van der Waals surface area contributed by atoms with Gasteiger partial charge in [-0.05, 0) is 25.1 Å². The number of benzene rings is 1. The molecule has 1 aromatic heterocycles. The van der Waals surface area contributed by atoms with Crippen molar-refractivity contribution in [1.82, 2.24) is 4.98 Å². The van der Waals surface area contributed by atoms with Gasteiger partial charge < -0.3 is 9.47 Å². The Labute approximate surface area is 148 Å². The van der Waals surface area contributed by atoms with Crippen LogP contribution in [0, 0.1) is 6.92 Å². The minimum Gasteiger partial charge on any atom is -0.496 e. The maximum atomic E-state index is 12.1. The average Bonchev–Trinajstić information content (AvgIpc) is 2.60. The number of ether oxygens (including phenoxy) is 2. The zero-order valence-corrected chi connectivity index (χ0v) is 15.5. The van der Waals surface area contributed by atoms with Crippen LogP contribution in [0.2, 0.25) is 5.02 Å². The van der Waals surface area contributed by atoms with Gasteiger partial charge in [-0.15, -0.1) is 0 Å². The van der Waals surface area contributed by atoms with Crippen molar-refractivity contribution in [2.24, 2.45) is 0 Å². The van der Waals surface area contributed by atoms with Crippen LogP contribution in [-0.4, -0.2) is 35.1 Å². The lowest BCUT2D eigenvalue weighted by Gasteiger charge is -2.15. The van der Waals surface area contributed by atoms with Gasteiger partial charge in [0.15, 0.2) is 0 Å². The largest absolute Gasteiger partial charge is 0.496 e. The van der Waals surface area contributed by atoms with E-state index in [1.165, 1.54) is 20.4 Å². The number of carbonyl (C=O) groups is 1. The number of esters is 1. The third-order valence-electron chi connectivity index (χ3n) is 3.50. The molecule has 0 radical (unpaired) electrons. The first-order chi connectivity index (χ1) is 11.4. The third kappa shape index (κ3) is 3.60. The molecule has 0 aliphatic carbocycles. The highest BCUT2D eigenvalue weighted by Crippen LogP contribution is 2.38. The van der Waals surface area contributed by atoms with Crippen LogP contribution in [0.3, 0.4) is 0 Å². The molecular formula is C17H18ClNO4S. The molecule has 0 aliphatic rings. The molecule has 24 heavy (non-hydrogen) atoms. The molecule has 2 rings (SSSR count). The third-order valence-corrected chi connectivity index (χ3v) is 5.28. The van der Waals surface area contributed by atoms with E-state index in [1.807, 2.05) is 13.8 Å². The molecule has 1 atom stereocenters. The Morgan fingerprint density at radius 3 is 2.54 bits per heavy atom. The molecule has 1 aromatic carbocycles. The van der Waals surface area contributed by atoms with E-state index in [0.717, 1.165) is 5.69 Å². The van der Waals surface area contributed by atoms with Crippen LogP contribution in [0.4, 0.5) is 0 Å². The van der Waals surface area contributed by atoms with Gasteiger partial charge in [0.1, 0.15) is 5.75 Å². The lowest BCUT2D eigenvalue weighted by atomic mass is 9.99. The number of pyridine rings is 1. The molecule has 0 amide bonds. The van der Waals surface area contributed by atoms with Gasteiger partial charge in [0, 0.05) is 28.8 Å². The van der Waals surface area contributed by atoms with Gasteiger partial charge >= 0.3 is 5.97 Å². The van der Waals surface area contributed by atoms with Gasteiger partial charge in [-0.2, -0.15) is 0 Å². The van der Waals surface area contributed by atoms with Crippen LogP contribution in [0.5, 0.6) is 5.75 Å². The van der Waals surface area contributed by atoms with Crippen molar-refractivity contribution in [2.45, 2.75) is 18.7 Å². The van der Waals surface area contributed by atoms with Crippen molar-refractivity contribution in [3.05, 3.63) is 40.7 Å². The fourth-order valence-corrected chi connectivity index (χ4v) is 3.55. The summed E-state index contributed by atoms with van der Waals surface area (Å²) < 4.78 is 22.4. The van der Waals surface area contributed by atoms with Crippen LogP contribution < -0.4 is 4.74 Å². The lowest BCUT2D eigenvalue weighted by molar-refractivity contribution is 0.0601. The summed E-state index contributed by atoms with van der Waals surface area (Å²) in [6, 6.07) is 5.06. The summed E-state index contributed by atoms with van der Waals surface area (Å²) in [5, 5.41) is 0.358. The van der Waals surface area contributed by atoms with Crippen molar-refractivity contribution in [1.29, 1.82) is 0 Å². The SMILES string of the molecule is CCS(=O)c1cc(OC)c(-c2cc(C)ncc2C(=O)OC)cc1Cl. The number of halogens is 1. The summed E-state index contributed by atoms with van der Waals surface area (Å²) in [6.45, 7) is 3.63. The summed E-state index contributed by atoms with van der Waals surface area (Å²) in [7, 11) is 1.61. The molecule has 1 heterocycles. The highest BCUT2D eigenvalue weighted by atomic mass is 35.5. The predicted octanol–water partition coefficient (Wildman–Crippen LogP) is 3.63. The quantitative estimate of drug-likeness (QED) is 0.755. The summed E-state index contributed by atoms with van der Waals surface area (Å²) in [5.41, 5.74) is 2.26. The standard InChI is InChI=1S/C17H18ClNO4S/c1-5-24(21)16-8-15(22-3)12(7-14(16)18)11-6-10(2)19-9-13(11)17(20)23-4/h6-9H,5H2,1-4H3. The Morgan fingerprint density at radius 2 is 1.96 bits per heavy atom. The topological polar surface area (TPSA) is 65.5 Å². The average molecular weight is 368 g/mol. The zero-order chi connectivity index (χ0) is 17.9. The molecule has 0 spiro atoms. The van der Waals surface area contributed by atoms with E-state index in [0.29, 0.717) is 38.1 Å². The second-order valence-corrected chi connectivity index (χ2v) is 7.10. The van der Waals surface area contributed by atoms with E-state index < -0.39 is 16.8 Å². The smallest absolute Gasteiger partial charge is 0.340 e. The van der Waals surface area contributed by atoms with Crippen LogP contribution in [0.25, 0.3) is 11.1 Å². The molecule has 0 fully saturated rings. The van der Waals surface area contributed by atoms with E-state index in [2.05, 4.69) is 4.98 Å². The minimum absolute atomic E-state index is 0.307. The molecule has 5 nitrogen and oxygen atoms in total. The van der Waals surface area contributed by atoms with Crippen molar-refractivity contribution < 1.29 is 18.5 Å². The molecular weight excluding hydrogens is 350 g/mol. The van der Waals surface area contributed by atoms with E-state index in [9.17, 15) is 9.00 Å². The molecule has 1 unspecified atom stereocenters. The fourth-order valence-electron chi connectivity index (χ4n) is 2.30. The first kappa shape index (κ1) is 18.4. The molecule has 0 N–H and O–H groups in total. The Bertz CT molecular complexity index is 807. The first-order valence-electron chi connectivity index (χ1n) is 7.24. The molecule has 0 bridgehead atoms. The van der Waals surface area contributed by atoms with Gasteiger partial charge in [-0.1, -0.05) is 18.5 Å². The highest BCUT2D eigenvalue weighted by molar-refractivity contribution is 7.85. The first-order valence-corrected chi connectivity index (χ1v) is 8.93. The molecule has 128 valence electrons. The van der Waals surface area contributed by atoms with Gasteiger partial charge in [0.2, 0.25) is 0 Å². The van der Waals surface area contributed by atoms with Gasteiger partial charge in [-0.25, -0.2) is 4.79 Å². The second kappa shape index (κ2) is 7.77. The van der Waals surface area contributed by atoms with Gasteiger partial charge in [-0.3, -0.25) is 9.19 Å². The van der Waals surface area contributed by atoms with Crippen LogP contribution in [0.1, 0.15) is 23.0 Å². The number of methoxy groups -OCH3 is 2. The number of carbonyl (C=O) groups excluding carboxylic acids is 1. The number of aromatic nitrogens is 1. The fraction of sp³-hybridized carbons (Fsp3) is 0.294. The van der Waals surface area contributed by atoms with E-state index in [-0.39, 0.29) is 0 Å². The zero-order valence-electron chi connectivity index (χ0n) is 13.9. The van der Waals surface area contributed by atoms with Crippen molar-refractivity contribution in [3.63, 3.8) is 0 Å². The molecule has 2 aromatic rings. The normalized spacial score (nSPS) is 11.9. The molecule has 0 saturated heterocycles. The summed E-state index contributed by atoms with van der Waals surface area (Å²) >= 11 is 6.31. The maximum absolute atomic E-state index is 12.1. The number of rotatable bonds is 5. The Kier molecular flexibility index (Phi) is 5.96. The highest BCUT2D eigenvalue weighted by Gasteiger charge is 2.20. The Hall–Kier alpha value is -1.92. The molecule has 0 aliphatic heterocycles. The Morgan fingerprint density at radius 1 is 1.25 bits per heavy atom. The monoisotopic (exact) mass is 367 g/mol. The summed E-state index contributed by atoms with van der Waals surface area (Å²) in [4.78, 5) is 16.7. The van der Waals surface area contributed by atoms with Crippen LogP contribution in [0.15, 0.2) is 29.3 Å². The lowest BCUT2D eigenvalue weighted by Crippen LogP contribution is -2.06. The van der Waals surface area contributed by atoms with Crippen molar-refractivity contribution >= 4 is 28.4 Å². The van der Waals surface area contributed by atoms with Crippen LogP contribution >= 0.6 is 11.6 Å². The molecule has 0 saturated carbocycles. The number of hydrogen-bond donors (Lipinski definition) is 0. The summed E-state index contributed by atoms with van der Waals surface area (Å²) in [5.74, 6) is 0.424. The number of hydrogen-bond acceptors (Lipinski definition) is 5. The number of nitrogens with zero attached hydrogens (tertiary/aromatic N) is 1.